The highest BCUT2D eigenvalue weighted by Gasteiger charge is 2.06. The van der Waals surface area contributed by atoms with Gasteiger partial charge in [0.05, 0.1) is 13.5 Å². The zero-order valence-electron chi connectivity index (χ0n) is 9.71. The molecule has 2 heterocycles. The summed E-state index contributed by atoms with van der Waals surface area (Å²) in [5.74, 6) is 1.11. The fraction of sp³-hybridized carbons (Fsp3) is 0.273. The molecule has 2 aromatic heterocycles. The van der Waals surface area contributed by atoms with E-state index in [9.17, 15) is 0 Å². The second-order valence-electron chi connectivity index (χ2n) is 3.31. The summed E-state index contributed by atoms with van der Waals surface area (Å²) in [6.07, 6.45) is 2.29. The van der Waals surface area contributed by atoms with Crippen molar-refractivity contribution in [3.8, 4) is 6.01 Å². The minimum atomic E-state index is 0.301. The lowest BCUT2D eigenvalue weighted by Crippen LogP contribution is -2.06. The number of aromatic nitrogens is 4. The van der Waals surface area contributed by atoms with E-state index in [0.29, 0.717) is 24.2 Å². The van der Waals surface area contributed by atoms with Crippen LogP contribution in [0.25, 0.3) is 0 Å². The third-order valence-corrected chi connectivity index (χ3v) is 2.13. The topological polar surface area (TPSA) is 72.8 Å². The first-order chi connectivity index (χ1) is 8.31. The molecule has 0 atom stereocenters. The first-order valence-electron chi connectivity index (χ1n) is 5.18. The van der Waals surface area contributed by atoms with E-state index in [1.165, 1.54) is 7.11 Å². The van der Waals surface area contributed by atoms with E-state index in [4.69, 9.17) is 4.74 Å². The molecule has 0 saturated carbocycles. The summed E-state index contributed by atoms with van der Waals surface area (Å²) in [6.45, 7) is 0. The van der Waals surface area contributed by atoms with E-state index in [0.717, 1.165) is 5.69 Å². The van der Waals surface area contributed by atoms with Crippen LogP contribution in [0.3, 0.4) is 0 Å². The standard InChI is InChI=1S/C11H13N5O/c1-12-10-14-9(15-11(16-10)17-2)7-8-5-3-4-6-13-8/h3-6H,7H2,1-2H3,(H,12,14,15,16). The highest BCUT2D eigenvalue weighted by molar-refractivity contribution is 5.25. The molecule has 0 aliphatic rings. The predicted octanol–water partition coefficient (Wildman–Crippen LogP) is 0.908. The first kappa shape index (κ1) is 11.3. The van der Waals surface area contributed by atoms with E-state index < -0.39 is 0 Å². The minimum Gasteiger partial charge on any atom is -0.467 e. The molecule has 0 radical (unpaired) electrons. The number of anilines is 1. The van der Waals surface area contributed by atoms with Crippen molar-refractivity contribution >= 4 is 5.95 Å². The molecule has 17 heavy (non-hydrogen) atoms. The van der Waals surface area contributed by atoms with Crippen LogP contribution >= 0.6 is 0 Å². The molecule has 0 amide bonds. The van der Waals surface area contributed by atoms with Gasteiger partial charge in [-0.1, -0.05) is 6.07 Å². The molecule has 2 aromatic rings. The van der Waals surface area contributed by atoms with Crippen LogP contribution in [0.15, 0.2) is 24.4 Å². The molecule has 2 rings (SSSR count). The second-order valence-corrected chi connectivity index (χ2v) is 3.31. The number of nitrogens with one attached hydrogen (secondary N) is 1. The Morgan fingerprint density at radius 1 is 1.24 bits per heavy atom. The molecule has 6 heteroatoms. The zero-order valence-corrected chi connectivity index (χ0v) is 9.71. The molecule has 0 bridgehead atoms. The van der Waals surface area contributed by atoms with Gasteiger partial charge in [0.1, 0.15) is 5.82 Å². The van der Waals surface area contributed by atoms with Gasteiger partial charge in [0, 0.05) is 18.9 Å². The van der Waals surface area contributed by atoms with Gasteiger partial charge in [-0.05, 0) is 12.1 Å². The van der Waals surface area contributed by atoms with Crippen LogP contribution in [-0.2, 0) is 6.42 Å². The molecule has 0 aliphatic heterocycles. The highest BCUT2D eigenvalue weighted by Crippen LogP contribution is 2.09. The Balaban J connectivity index is 2.26. The summed E-state index contributed by atoms with van der Waals surface area (Å²) in [7, 11) is 3.28. The fourth-order valence-corrected chi connectivity index (χ4v) is 1.35. The van der Waals surface area contributed by atoms with Crippen LogP contribution in [0.5, 0.6) is 6.01 Å². The van der Waals surface area contributed by atoms with Crippen molar-refractivity contribution in [3.63, 3.8) is 0 Å². The third kappa shape index (κ3) is 2.87. The van der Waals surface area contributed by atoms with Gasteiger partial charge < -0.3 is 10.1 Å². The molecule has 88 valence electrons. The van der Waals surface area contributed by atoms with Gasteiger partial charge in [-0.3, -0.25) is 4.98 Å². The monoisotopic (exact) mass is 231 g/mol. The molecule has 1 N–H and O–H groups in total. The lowest BCUT2D eigenvalue weighted by Gasteiger charge is -2.05. The minimum absolute atomic E-state index is 0.301. The van der Waals surface area contributed by atoms with E-state index in [1.54, 1.807) is 13.2 Å². The molecule has 0 aliphatic carbocycles. The van der Waals surface area contributed by atoms with E-state index in [-0.39, 0.29) is 0 Å². The summed E-state index contributed by atoms with van der Waals surface area (Å²) in [5, 5.41) is 2.87. The lowest BCUT2D eigenvalue weighted by atomic mass is 10.2. The van der Waals surface area contributed by atoms with Crippen molar-refractivity contribution in [2.45, 2.75) is 6.42 Å². The maximum absolute atomic E-state index is 5.01. The third-order valence-electron chi connectivity index (χ3n) is 2.13. The summed E-state index contributed by atoms with van der Waals surface area (Å²) >= 11 is 0. The van der Waals surface area contributed by atoms with Crippen molar-refractivity contribution in [1.29, 1.82) is 0 Å². The SMILES string of the molecule is CNc1nc(Cc2ccccn2)nc(OC)n1. The van der Waals surface area contributed by atoms with Gasteiger partial charge in [0.15, 0.2) is 0 Å². The number of hydrogen-bond acceptors (Lipinski definition) is 6. The average Bonchev–Trinajstić information content (AvgIpc) is 2.39. The largest absolute Gasteiger partial charge is 0.467 e. The molecule has 0 saturated heterocycles. The summed E-state index contributed by atoms with van der Waals surface area (Å²) in [5.41, 5.74) is 0.905. The van der Waals surface area contributed by atoms with Gasteiger partial charge in [0.25, 0.3) is 0 Å². The number of pyridine rings is 1. The molecule has 6 nitrogen and oxygen atoms in total. The van der Waals surface area contributed by atoms with Crippen molar-refractivity contribution in [2.75, 3.05) is 19.5 Å². The fourth-order valence-electron chi connectivity index (χ4n) is 1.35. The molecule has 0 spiro atoms. The number of rotatable bonds is 4. The molecular weight excluding hydrogens is 218 g/mol. The Hall–Kier alpha value is -2.24. The summed E-state index contributed by atoms with van der Waals surface area (Å²) < 4.78 is 5.01. The van der Waals surface area contributed by atoms with Crippen LogP contribution in [0.1, 0.15) is 11.5 Å². The Kier molecular flexibility index (Phi) is 3.44. The highest BCUT2D eigenvalue weighted by atomic mass is 16.5. The smallest absolute Gasteiger partial charge is 0.321 e. The van der Waals surface area contributed by atoms with Gasteiger partial charge in [-0.25, -0.2) is 0 Å². The Bertz CT molecular complexity index is 466. The molecule has 0 fully saturated rings. The van der Waals surface area contributed by atoms with Gasteiger partial charge in [0.2, 0.25) is 5.95 Å². The number of hydrogen-bond donors (Lipinski definition) is 1. The van der Waals surface area contributed by atoms with Gasteiger partial charge >= 0.3 is 6.01 Å². The number of methoxy groups -OCH3 is 1. The van der Waals surface area contributed by atoms with Crippen molar-refractivity contribution < 1.29 is 4.74 Å². The maximum atomic E-state index is 5.01. The number of nitrogens with zero attached hydrogens (tertiary/aromatic N) is 4. The predicted molar refractivity (Wildman–Crippen MR) is 63.0 cm³/mol. The van der Waals surface area contributed by atoms with Crippen molar-refractivity contribution in [1.82, 2.24) is 19.9 Å². The normalized spacial score (nSPS) is 10.0. The zero-order chi connectivity index (χ0) is 12.1. The van der Waals surface area contributed by atoms with Crippen LogP contribution in [0, 0.1) is 0 Å². The van der Waals surface area contributed by atoms with Gasteiger partial charge in [-0.2, -0.15) is 15.0 Å². The average molecular weight is 231 g/mol. The van der Waals surface area contributed by atoms with E-state index in [1.807, 2.05) is 18.2 Å². The van der Waals surface area contributed by atoms with Gasteiger partial charge in [-0.15, -0.1) is 0 Å². The van der Waals surface area contributed by atoms with E-state index >= 15 is 0 Å². The van der Waals surface area contributed by atoms with Crippen LogP contribution in [-0.4, -0.2) is 34.1 Å². The molecule has 0 aromatic carbocycles. The van der Waals surface area contributed by atoms with Crippen LogP contribution in [0.4, 0.5) is 5.95 Å². The lowest BCUT2D eigenvalue weighted by molar-refractivity contribution is 0.377. The summed E-state index contributed by atoms with van der Waals surface area (Å²) in [4.78, 5) is 16.7. The van der Waals surface area contributed by atoms with Crippen LogP contribution in [0.2, 0.25) is 0 Å². The van der Waals surface area contributed by atoms with Crippen molar-refractivity contribution in [2.24, 2.45) is 0 Å². The second kappa shape index (κ2) is 5.20. The Labute approximate surface area is 99.1 Å². The maximum Gasteiger partial charge on any atom is 0.321 e. The summed E-state index contributed by atoms with van der Waals surface area (Å²) in [6, 6.07) is 6.03. The van der Waals surface area contributed by atoms with E-state index in [2.05, 4.69) is 25.3 Å². The van der Waals surface area contributed by atoms with Crippen molar-refractivity contribution in [3.05, 3.63) is 35.9 Å². The quantitative estimate of drug-likeness (QED) is 0.843. The first-order valence-corrected chi connectivity index (χ1v) is 5.18. The van der Waals surface area contributed by atoms with Crippen LogP contribution < -0.4 is 10.1 Å². The Morgan fingerprint density at radius 3 is 2.76 bits per heavy atom. The molecule has 0 unspecified atom stereocenters. The number of ether oxygens (including phenoxy) is 1. The Morgan fingerprint density at radius 2 is 2.12 bits per heavy atom. The molecular formula is C11H13N5O.